The van der Waals surface area contributed by atoms with Crippen LogP contribution in [0.2, 0.25) is 0 Å². The van der Waals surface area contributed by atoms with Crippen molar-refractivity contribution in [2.24, 2.45) is 0 Å². The Bertz CT molecular complexity index is 1040. The molecule has 4 N–H and O–H groups in total. The van der Waals surface area contributed by atoms with Crippen molar-refractivity contribution in [1.29, 1.82) is 0 Å². The lowest BCUT2D eigenvalue weighted by Crippen LogP contribution is -2.15. The molecule has 1 amide bonds. The van der Waals surface area contributed by atoms with Crippen LogP contribution in [0.3, 0.4) is 0 Å². The lowest BCUT2D eigenvalue weighted by atomic mass is 10.1. The van der Waals surface area contributed by atoms with Crippen LogP contribution in [0.4, 0.5) is 17.1 Å². The zero-order valence-corrected chi connectivity index (χ0v) is 15.9. The van der Waals surface area contributed by atoms with Gasteiger partial charge in [-0.3, -0.25) is 9.00 Å². The van der Waals surface area contributed by atoms with Gasteiger partial charge in [-0.2, -0.15) is 0 Å². The summed E-state index contributed by atoms with van der Waals surface area (Å²) in [7, 11) is -2.38. The number of anilines is 3. The van der Waals surface area contributed by atoms with Crippen molar-refractivity contribution in [3.8, 4) is 10.4 Å². The zero-order valence-electron chi connectivity index (χ0n) is 14.2. The summed E-state index contributed by atoms with van der Waals surface area (Å²) in [6, 6.07) is 15.0. The van der Waals surface area contributed by atoms with E-state index in [1.807, 2.05) is 35.7 Å². The van der Waals surface area contributed by atoms with E-state index >= 15 is 0 Å². The van der Waals surface area contributed by atoms with Crippen LogP contribution in [-0.2, 0) is 15.9 Å². The number of benzene rings is 2. The Morgan fingerprint density at radius 2 is 2.08 bits per heavy atom. The lowest BCUT2D eigenvalue weighted by Gasteiger charge is -2.12. The fourth-order valence-electron chi connectivity index (χ4n) is 3.03. The average Bonchev–Trinajstić information content (AvgIpc) is 3.22. The molecule has 0 saturated carbocycles. The van der Waals surface area contributed by atoms with Crippen LogP contribution in [0.25, 0.3) is 10.4 Å². The summed E-state index contributed by atoms with van der Waals surface area (Å²) in [5.74, 6) is 0.266. The van der Waals surface area contributed by atoms with E-state index in [0.717, 1.165) is 21.7 Å². The fraction of sp³-hybridized carbons (Fsp3) is 0.105. The van der Waals surface area contributed by atoms with Crippen LogP contribution in [0.5, 0.6) is 0 Å². The first-order valence-corrected chi connectivity index (χ1v) is 11.4. The largest absolute Gasteiger partial charge is 0.397 e. The van der Waals surface area contributed by atoms with Crippen molar-refractivity contribution >= 4 is 44.4 Å². The Labute approximate surface area is 156 Å². The summed E-state index contributed by atoms with van der Waals surface area (Å²) in [5.41, 5.74) is 10.4. The van der Waals surface area contributed by atoms with Gasteiger partial charge in [-0.25, -0.2) is 0 Å². The number of carbonyl (C=O) groups excluding carboxylic acids is 1. The molecule has 5 nitrogen and oxygen atoms in total. The molecule has 0 unspecified atom stereocenters. The number of nitrogen functional groups attached to an aromatic ring is 1. The smallest absolute Gasteiger partial charge is 0.255 e. The molecule has 1 aliphatic rings. The monoisotopic (exact) mass is 385 g/mol. The topological polar surface area (TPSA) is 84.2 Å². The standard InChI is InChI=1S/C19H19N3O2S2/c1-26(24)11-14-5-4-13(10-16(14)22-26)19(23)21-17-9-12(6-7-15(17)20)18-3-2-8-25-18/h2-10,26H,11,20H2,1H3,(H,21,23)(H,22,24). The molecule has 4 rings (SSSR count). The summed E-state index contributed by atoms with van der Waals surface area (Å²) < 4.78 is 15.2. The van der Waals surface area contributed by atoms with E-state index in [1.165, 1.54) is 0 Å². The molecule has 26 heavy (non-hydrogen) atoms. The molecule has 0 aliphatic carbocycles. The summed E-state index contributed by atoms with van der Waals surface area (Å²) >= 11 is 1.63. The number of nitrogens with one attached hydrogen (secondary N) is 2. The Morgan fingerprint density at radius 3 is 2.85 bits per heavy atom. The maximum Gasteiger partial charge on any atom is 0.255 e. The Hall–Kier alpha value is -2.64. The van der Waals surface area contributed by atoms with Gasteiger partial charge >= 0.3 is 0 Å². The highest BCUT2D eigenvalue weighted by molar-refractivity contribution is 8.03. The van der Waals surface area contributed by atoms with Gasteiger partial charge in [0.2, 0.25) is 0 Å². The third-order valence-electron chi connectivity index (χ3n) is 4.31. The number of rotatable bonds is 3. The molecule has 0 spiro atoms. The van der Waals surface area contributed by atoms with E-state index in [-0.39, 0.29) is 5.91 Å². The number of nitrogens with two attached hydrogens (primary N) is 1. The van der Waals surface area contributed by atoms with E-state index in [1.54, 1.807) is 35.8 Å². The van der Waals surface area contributed by atoms with Crippen molar-refractivity contribution in [3.05, 3.63) is 65.0 Å². The summed E-state index contributed by atoms with van der Waals surface area (Å²) in [4.78, 5) is 13.8. The fourth-order valence-corrected chi connectivity index (χ4v) is 5.48. The van der Waals surface area contributed by atoms with Crippen molar-refractivity contribution in [3.63, 3.8) is 0 Å². The summed E-state index contributed by atoms with van der Waals surface area (Å²) in [5, 5.41) is 4.89. The highest BCUT2D eigenvalue weighted by atomic mass is 32.3. The number of amides is 1. The van der Waals surface area contributed by atoms with Crippen molar-refractivity contribution in [1.82, 2.24) is 0 Å². The molecule has 7 heteroatoms. The Morgan fingerprint density at radius 1 is 1.23 bits per heavy atom. The van der Waals surface area contributed by atoms with E-state index in [4.69, 9.17) is 5.73 Å². The predicted molar refractivity (Wildman–Crippen MR) is 111 cm³/mol. The number of fused-ring (bicyclic) bond motifs is 1. The molecule has 2 heterocycles. The first-order chi connectivity index (χ1) is 12.4. The molecule has 0 saturated heterocycles. The Balaban J connectivity index is 1.60. The molecule has 0 atom stereocenters. The molecule has 1 aromatic heterocycles. The van der Waals surface area contributed by atoms with Gasteiger partial charge in [0, 0.05) is 28.1 Å². The molecule has 0 radical (unpaired) electrons. The number of hydrogen-bond acceptors (Lipinski definition) is 4. The van der Waals surface area contributed by atoms with Gasteiger partial charge < -0.3 is 15.8 Å². The molecule has 2 aromatic carbocycles. The zero-order chi connectivity index (χ0) is 18.3. The Kier molecular flexibility index (Phi) is 4.05. The molecule has 134 valence electrons. The van der Waals surface area contributed by atoms with Crippen LogP contribution in [0.15, 0.2) is 53.9 Å². The quantitative estimate of drug-likeness (QED) is 0.409. The van der Waals surface area contributed by atoms with Gasteiger partial charge in [0.05, 0.1) is 11.4 Å². The van der Waals surface area contributed by atoms with Crippen LogP contribution in [0, 0.1) is 0 Å². The van der Waals surface area contributed by atoms with E-state index < -0.39 is 10.1 Å². The van der Waals surface area contributed by atoms with Gasteiger partial charge in [-0.05, 0) is 57.0 Å². The van der Waals surface area contributed by atoms with Crippen molar-refractivity contribution < 1.29 is 9.00 Å². The van der Waals surface area contributed by atoms with Gasteiger partial charge in [0.1, 0.15) is 0 Å². The minimum atomic E-state index is -2.38. The SMILES string of the molecule is C[SH]1(=O)Cc2ccc(C(=O)Nc3cc(-c4cccs4)ccc3N)cc2N1. The molecule has 1 aliphatic heterocycles. The first-order valence-electron chi connectivity index (χ1n) is 8.14. The molecular formula is C19H19N3O2S2. The average molecular weight is 386 g/mol. The number of thiol groups is 1. The van der Waals surface area contributed by atoms with Crippen molar-refractivity contribution in [2.45, 2.75) is 5.75 Å². The highest BCUT2D eigenvalue weighted by Gasteiger charge is 2.22. The van der Waals surface area contributed by atoms with Gasteiger partial charge in [0.25, 0.3) is 5.91 Å². The third-order valence-corrected chi connectivity index (χ3v) is 6.89. The second kappa shape index (κ2) is 6.26. The van der Waals surface area contributed by atoms with Crippen LogP contribution in [-0.4, -0.2) is 16.4 Å². The van der Waals surface area contributed by atoms with Crippen molar-refractivity contribution in [2.75, 3.05) is 22.0 Å². The predicted octanol–water partition coefficient (Wildman–Crippen LogP) is 3.74. The molecule has 0 bridgehead atoms. The molecule has 3 aromatic rings. The molecular weight excluding hydrogens is 366 g/mol. The van der Waals surface area contributed by atoms with E-state index in [0.29, 0.717) is 22.7 Å². The summed E-state index contributed by atoms with van der Waals surface area (Å²) in [6.07, 6.45) is 1.71. The van der Waals surface area contributed by atoms with E-state index in [2.05, 4.69) is 10.0 Å². The normalized spacial score (nSPS) is 15.7. The van der Waals surface area contributed by atoms with Gasteiger partial charge in [-0.1, -0.05) is 18.2 Å². The maximum absolute atomic E-state index is 12.7. The maximum atomic E-state index is 12.7. The third kappa shape index (κ3) is 3.23. The molecule has 0 fully saturated rings. The van der Waals surface area contributed by atoms with Crippen LogP contribution in [0.1, 0.15) is 15.9 Å². The highest BCUT2D eigenvalue weighted by Crippen LogP contribution is 2.32. The lowest BCUT2D eigenvalue weighted by molar-refractivity contribution is 0.102. The number of thiophene rings is 1. The van der Waals surface area contributed by atoms with Crippen LogP contribution >= 0.6 is 11.3 Å². The van der Waals surface area contributed by atoms with E-state index in [9.17, 15) is 9.00 Å². The second-order valence-corrected chi connectivity index (χ2v) is 10.2. The number of carbonyl (C=O) groups is 1. The minimum Gasteiger partial charge on any atom is -0.397 e. The second-order valence-electron chi connectivity index (χ2n) is 6.48. The summed E-state index contributed by atoms with van der Waals surface area (Å²) in [6.45, 7) is 0. The van der Waals surface area contributed by atoms with Crippen LogP contribution < -0.4 is 15.8 Å². The number of hydrogen-bond donors (Lipinski definition) is 4. The van der Waals surface area contributed by atoms with Gasteiger partial charge in [0.15, 0.2) is 0 Å². The minimum absolute atomic E-state index is 0.248. The first kappa shape index (κ1) is 16.8. The van der Waals surface area contributed by atoms with Gasteiger partial charge in [-0.15, -0.1) is 11.3 Å².